The Labute approximate surface area is 178 Å². The lowest BCUT2D eigenvalue weighted by Crippen LogP contribution is -2.29. The average Bonchev–Trinajstić information content (AvgIpc) is 3.17. The SMILES string of the molecule is CC.CNCc1c(C)c(-c2cc(OC(C)C3CCC3)c3c(Cl)cnn3c2)nn1C. The van der Waals surface area contributed by atoms with Crippen molar-refractivity contribution in [1.82, 2.24) is 24.7 Å². The van der Waals surface area contributed by atoms with Gasteiger partial charge in [0.05, 0.1) is 28.7 Å². The van der Waals surface area contributed by atoms with Crippen molar-refractivity contribution in [2.75, 3.05) is 7.05 Å². The second-order valence-electron chi connectivity index (χ2n) is 7.47. The first-order valence-corrected chi connectivity index (χ1v) is 10.9. The number of nitrogens with zero attached hydrogens (tertiary/aromatic N) is 4. The number of aryl methyl sites for hydroxylation is 1. The number of hydrogen-bond donors (Lipinski definition) is 1. The Morgan fingerprint density at radius 1 is 1.34 bits per heavy atom. The van der Waals surface area contributed by atoms with Crippen LogP contribution in [-0.2, 0) is 13.6 Å². The van der Waals surface area contributed by atoms with Crippen LogP contribution in [-0.4, -0.2) is 32.5 Å². The highest BCUT2D eigenvalue weighted by Gasteiger charge is 2.27. The number of halogens is 1. The quantitative estimate of drug-likeness (QED) is 0.612. The third kappa shape index (κ3) is 4.14. The van der Waals surface area contributed by atoms with Gasteiger partial charge < -0.3 is 10.1 Å². The van der Waals surface area contributed by atoms with Crippen LogP contribution in [0.25, 0.3) is 16.8 Å². The van der Waals surface area contributed by atoms with Gasteiger partial charge in [-0.05, 0) is 51.3 Å². The van der Waals surface area contributed by atoms with Gasteiger partial charge in [0, 0.05) is 25.4 Å². The monoisotopic (exact) mass is 417 g/mol. The van der Waals surface area contributed by atoms with Gasteiger partial charge in [0.2, 0.25) is 0 Å². The zero-order valence-electron chi connectivity index (χ0n) is 18.3. The Kier molecular flexibility index (Phi) is 6.85. The molecule has 0 bridgehead atoms. The van der Waals surface area contributed by atoms with Gasteiger partial charge in [-0.2, -0.15) is 10.2 Å². The summed E-state index contributed by atoms with van der Waals surface area (Å²) in [6, 6.07) is 2.05. The minimum atomic E-state index is 0.161. The summed E-state index contributed by atoms with van der Waals surface area (Å²) in [5, 5.41) is 13.0. The summed E-state index contributed by atoms with van der Waals surface area (Å²) in [5.41, 5.74) is 5.06. The van der Waals surface area contributed by atoms with E-state index in [2.05, 4.69) is 30.3 Å². The van der Waals surface area contributed by atoms with Crippen LogP contribution in [0.2, 0.25) is 5.02 Å². The first kappa shape index (κ1) is 21.7. The van der Waals surface area contributed by atoms with Crippen LogP contribution in [0.5, 0.6) is 5.75 Å². The van der Waals surface area contributed by atoms with Gasteiger partial charge in [0.25, 0.3) is 0 Å². The van der Waals surface area contributed by atoms with Gasteiger partial charge in [0.15, 0.2) is 0 Å². The second-order valence-corrected chi connectivity index (χ2v) is 7.87. The summed E-state index contributed by atoms with van der Waals surface area (Å²) < 4.78 is 10.1. The predicted octanol–water partition coefficient (Wildman–Crippen LogP) is 5.01. The topological polar surface area (TPSA) is 56.4 Å². The molecule has 1 aliphatic rings. The smallest absolute Gasteiger partial charge is 0.147 e. The maximum absolute atomic E-state index is 6.40. The Balaban J connectivity index is 0.00000117. The number of nitrogens with one attached hydrogen (secondary N) is 1. The largest absolute Gasteiger partial charge is 0.488 e. The fraction of sp³-hybridized carbons (Fsp3) is 0.545. The molecule has 6 nitrogen and oxygen atoms in total. The van der Waals surface area contributed by atoms with Crippen LogP contribution in [0, 0.1) is 12.8 Å². The average molecular weight is 418 g/mol. The molecule has 1 unspecified atom stereocenters. The number of hydrogen-bond acceptors (Lipinski definition) is 4. The predicted molar refractivity (Wildman–Crippen MR) is 119 cm³/mol. The van der Waals surface area contributed by atoms with Crippen LogP contribution >= 0.6 is 11.6 Å². The molecule has 3 aromatic rings. The molecule has 3 heterocycles. The van der Waals surface area contributed by atoms with E-state index in [4.69, 9.17) is 21.4 Å². The highest BCUT2D eigenvalue weighted by atomic mass is 35.5. The van der Waals surface area contributed by atoms with Crippen LogP contribution in [0.4, 0.5) is 0 Å². The van der Waals surface area contributed by atoms with Gasteiger partial charge in [-0.25, -0.2) is 4.52 Å². The first-order valence-electron chi connectivity index (χ1n) is 10.5. The molecule has 7 heteroatoms. The van der Waals surface area contributed by atoms with Crippen molar-refractivity contribution in [3.05, 3.63) is 34.7 Å². The third-order valence-corrected chi connectivity index (χ3v) is 5.98. The normalized spacial score (nSPS) is 15.0. The van der Waals surface area contributed by atoms with Gasteiger partial charge >= 0.3 is 0 Å². The maximum Gasteiger partial charge on any atom is 0.147 e. The molecular formula is C22H32ClN5O. The highest BCUT2D eigenvalue weighted by molar-refractivity contribution is 6.34. The lowest BCUT2D eigenvalue weighted by molar-refractivity contribution is 0.1000. The van der Waals surface area contributed by atoms with Crippen molar-refractivity contribution in [1.29, 1.82) is 0 Å². The molecule has 1 aliphatic carbocycles. The number of rotatable bonds is 6. The lowest BCUT2D eigenvalue weighted by atomic mass is 9.82. The molecule has 4 rings (SSSR count). The number of pyridine rings is 1. The van der Waals surface area contributed by atoms with E-state index in [1.807, 2.05) is 38.8 Å². The van der Waals surface area contributed by atoms with Gasteiger partial charge in [0.1, 0.15) is 11.3 Å². The van der Waals surface area contributed by atoms with Crippen molar-refractivity contribution >= 4 is 17.1 Å². The van der Waals surface area contributed by atoms with Crippen molar-refractivity contribution in [2.45, 2.75) is 59.6 Å². The van der Waals surface area contributed by atoms with E-state index in [1.165, 1.54) is 19.3 Å². The second kappa shape index (κ2) is 9.18. The number of fused-ring (bicyclic) bond motifs is 1. The molecule has 0 radical (unpaired) electrons. The van der Waals surface area contributed by atoms with Gasteiger partial charge in [-0.3, -0.25) is 4.68 Å². The molecule has 1 fully saturated rings. The van der Waals surface area contributed by atoms with E-state index in [9.17, 15) is 0 Å². The molecule has 0 saturated heterocycles. The molecule has 1 atom stereocenters. The maximum atomic E-state index is 6.40. The van der Waals surface area contributed by atoms with Crippen LogP contribution < -0.4 is 10.1 Å². The van der Waals surface area contributed by atoms with Crippen molar-refractivity contribution < 1.29 is 4.74 Å². The van der Waals surface area contributed by atoms with E-state index >= 15 is 0 Å². The van der Waals surface area contributed by atoms with E-state index in [1.54, 1.807) is 10.7 Å². The molecule has 0 amide bonds. The Hall–Kier alpha value is -2.05. The van der Waals surface area contributed by atoms with Gasteiger partial charge in [-0.15, -0.1) is 0 Å². The molecular weight excluding hydrogens is 386 g/mol. The molecule has 158 valence electrons. The van der Waals surface area contributed by atoms with E-state index < -0.39 is 0 Å². The van der Waals surface area contributed by atoms with Crippen molar-refractivity contribution in [3.63, 3.8) is 0 Å². The zero-order valence-corrected chi connectivity index (χ0v) is 19.0. The summed E-state index contributed by atoms with van der Waals surface area (Å²) in [4.78, 5) is 0. The molecule has 1 N–H and O–H groups in total. The molecule has 0 aliphatic heterocycles. The lowest BCUT2D eigenvalue weighted by Gasteiger charge is -2.31. The summed E-state index contributed by atoms with van der Waals surface area (Å²) >= 11 is 6.40. The van der Waals surface area contributed by atoms with E-state index in [0.29, 0.717) is 10.9 Å². The minimum Gasteiger partial charge on any atom is -0.488 e. The molecule has 1 saturated carbocycles. The standard InChI is InChI=1S/C20H26ClN5O.C2H6/c1-12-17(10-22-3)25(4)24-19(12)15-8-18(27-13(2)14-6-5-7-14)20-16(21)9-23-26(20)11-15;1-2/h8-9,11,13-14,22H,5-7,10H2,1-4H3;1-2H3. The Bertz CT molecular complexity index is 973. The number of aromatic nitrogens is 4. The van der Waals surface area contributed by atoms with E-state index in [0.717, 1.165) is 40.3 Å². The third-order valence-electron chi connectivity index (χ3n) is 5.71. The first-order chi connectivity index (χ1) is 14.0. The number of ether oxygens (including phenoxy) is 1. The fourth-order valence-electron chi connectivity index (χ4n) is 3.83. The van der Waals surface area contributed by atoms with Crippen LogP contribution in [0.15, 0.2) is 18.5 Å². The summed E-state index contributed by atoms with van der Waals surface area (Å²) in [7, 11) is 3.92. The van der Waals surface area contributed by atoms with Crippen molar-refractivity contribution in [2.24, 2.45) is 13.0 Å². The van der Waals surface area contributed by atoms with Crippen LogP contribution in [0.3, 0.4) is 0 Å². The Morgan fingerprint density at radius 2 is 2.07 bits per heavy atom. The summed E-state index contributed by atoms with van der Waals surface area (Å²) in [6.45, 7) is 9.02. The summed E-state index contributed by atoms with van der Waals surface area (Å²) in [6.07, 6.45) is 7.56. The minimum absolute atomic E-state index is 0.161. The molecule has 0 spiro atoms. The highest BCUT2D eigenvalue weighted by Crippen LogP contribution is 2.37. The molecule has 0 aromatic carbocycles. The zero-order chi connectivity index (χ0) is 21.1. The molecule has 29 heavy (non-hydrogen) atoms. The van der Waals surface area contributed by atoms with E-state index in [-0.39, 0.29) is 6.10 Å². The summed E-state index contributed by atoms with van der Waals surface area (Å²) in [5.74, 6) is 1.39. The van der Waals surface area contributed by atoms with Crippen LogP contribution in [0.1, 0.15) is 51.3 Å². The van der Waals surface area contributed by atoms with Gasteiger partial charge in [-0.1, -0.05) is 31.9 Å². The molecule has 3 aromatic heterocycles. The van der Waals surface area contributed by atoms with Crippen molar-refractivity contribution in [3.8, 4) is 17.0 Å². The fourth-order valence-corrected chi connectivity index (χ4v) is 4.05. The Morgan fingerprint density at radius 3 is 2.69 bits per heavy atom.